The Hall–Kier alpha value is -2.99. The van der Waals surface area contributed by atoms with Crippen molar-refractivity contribution in [2.75, 3.05) is 0 Å². The number of alkyl halides is 1. The van der Waals surface area contributed by atoms with Gasteiger partial charge in [-0.05, 0) is 40.2 Å². The Balaban J connectivity index is 1.67. The van der Waals surface area contributed by atoms with Crippen LogP contribution in [0.3, 0.4) is 0 Å². The molecule has 3 aromatic heterocycles. The SMILES string of the molecule is O=c1ccn2c3ccc(OC(Br)c4cnccn4)cc3c3cccc1c32. The van der Waals surface area contributed by atoms with Gasteiger partial charge in [0.15, 0.2) is 10.4 Å². The molecule has 0 bridgehead atoms. The maximum atomic E-state index is 12.2. The lowest BCUT2D eigenvalue weighted by Gasteiger charge is -2.12. The Kier molecular flexibility index (Phi) is 3.39. The maximum absolute atomic E-state index is 12.2. The molecular formula is C20H12BrN3O2. The molecule has 0 fully saturated rings. The predicted molar refractivity (Wildman–Crippen MR) is 104 cm³/mol. The van der Waals surface area contributed by atoms with Crippen LogP contribution in [0.15, 0.2) is 72.0 Å². The van der Waals surface area contributed by atoms with Crippen molar-refractivity contribution < 1.29 is 4.74 Å². The van der Waals surface area contributed by atoms with Gasteiger partial charge in [-0.25, -0.2) is 0 Å². The second-order valence-electron chi connectivity index (χ2n) is 5.99. The van der Waals surface area contributed by atoms with E-state index < -0.39 is 5.01 Å². The Labute approximate surface area is 156 Å². The number of halogens is 1. The number of ether oxygens (including phenoxy) is 1. The third-order valence-corrected chi connectivity index (χ3v) is 5.15. The molecule has 0 aliphatic rings. The molecule has 0 aliphatic carbocycles. The molecule has 0 spiro atoms. The highest BCUT2D eigenvalue weighted by Crippen LogP contribution is 2.34. The zero-order valence-electron chi connectivity index (χ0n) is 13.5. The molecule has 0 N–H and O–H groups in total. The summed E-state index contributed by atoms with van der Waals surface area (Å²) in [6.45, 7) is 0. The number of nitrogens with zero attached hydrogens (tertiary/aromatic N) is 3. The van der Waals surface area contributed by atoms with Gasteiger partial charge in [0.25, 0.3) is 0 Å². The lowest BCUT2D eigenvalue weighted by atomic mass is 10.1. The normalized spacial score (nSPS) is 12.8. The molecule has 5 aromatic rings. The number of pyridine rings is 1. The van der Waals surface area contributed by atoms with Crippen molar-refractivity contribution in [1.29, 1.82) is 0 Å². The molecule has 0 amide bonds. The predicted octanol–water partition coefficient (Wildman–Crippen LogP) is 4.31. The van der Waals surface area contributed by atoms with Crippen molar-refractivity contribution in [3.63, 3.8) is 0 Å². The van der Waals surface area contributed by atoms with Crippen LogP contribution in [0, 0.1) is 0 Å². The van der Waals surface area contributed by atoms with Gasteiger partial charge in [-0.1, -0.05) is 12.1 Å². The number of aromatic nitrogens is 3. The summed E-state index contributed by atoms with van der Waals surface area (Å²) in [4.78, 5) is 20.5. The van der Waals surface area contributed by atoms with Gasteiger partial charge in [0.05, 0.1) is 17.2 Å². The molecule has 0 radical (unpaired) electrons. The number of rotatable bonds is 3. The molecule has 3 heterocycles. The Morgan fingerprint density at radius 3 is 2.77 bits per heavy atom. The van der Waals surface area contributed by atoms with E-state index in [1.165, 1.54) is 0 Å². The third kappa shape index (κ3) is 2.26. The number of benzene rings is 2. The molecule has 5 nitrogen and oxygen atoms in total. The van der Waals surface area contributed by atoms with Gasteiger partial charge in [-0.15, -0.1) is 0 Å². The molecule has 1 unspecified atom stereocenters. The summed E-state index contributed by atoms with van der Waals surface area (Å²) in [6, 6.07) is 13.3. The highest BCUT2D eigenvalue weighted by atomic mass is 79.9. The zero-order valence-corrected chi connectivity index (χ0v) is 15.1. The van der Waals surface area contributed by atoms with E-state index in [1.54, 1.807) is 24.7 Å². The van der Waals surface area contributed by atoms with E-state index in [4.69, 9.17) is 4.74 Å². The van der Waals surface area contributed by atoms with Crippen LogP contribution in [-0.4, -0.2) is 14.4 Å². The summed E-state index contributed by atoms with van der Waals surface area (Å²) in [5, 5.41) is 2.40. The van der Waals surface area contributed by atoms with Crippen molar-refractivity contribution >= 4 is 43.1 Å². The van der Waals surface area contributed by atoms with Crippen LogP contribution in [0.4, 0.5) is 0 Å². The first-order valence-corrected chi connectivity index (χ1v) is 9.00. The van der Waals surface area contributed by atoms with E-state index in [9.17, 15) is 4.79 Å². The molecule has 1 atom stereocenters. The second kappa shape index (κ2) is 5.78. The Bertz CT molecular complexity index is 1300. The van der Waals surface area contributed by atoms with Gasteiger partial charge >= 0.3 is 0 Å². The number of hydrogen-bond donors (Lipinski definition) is 0. The summed E-state index contributed by atoms with van der Waals surface area (Å²) < 4.78 is 8.04. The first-order chi connectivity index (χ1) is 12.7. The van der Waals surface area contributed by atoms with Gasteiger partial charge in [-0.3, -0.25) is 14.8 Å². The van der Waals surface area contributed by atoms with Crippen LogP contribution in [0.25, 0.3) is 27.2 Å². The fourth-order valence-electron chi connectivity index (χ4n) is 3.35. The van der Waals surface area contributed by atoms with Crippen molar-refractivity contribution in [2.45, 2.75) is 5.01 Å². The van der Waals surface area contributed by atoms with Crippen LogP contribution in [0.1, 0.15) is 10.7 Å². The summed E-state index contributed by atoms with van der Waals surface area (Å²) in [7, 11) is 0. The standard InChI is InChI=1S/C20H12BrN3O2/c21-20(16-11-22-7-8-23-16)26-12-4-5-17-15(10-12)13-2-1-3-14-18(25)6-9-24(17)19(13)14/h1-11,20H. The maximum Gasteiger partial charge on any atom is 0.196 e. The van der Waals surface area contributed by atoms with Gasteiger partial charge in [0.1, 0.15) is 11.4 Å². The summed E-state index contributed by atoms with van der Waals surface area (Å²) in [5.41, 5.74) is 2.71. The number of fused-ring (bicyclic) bond motifs is 3. The van der Waals surface area contributed by atoms with Crippen LogP contribution in [-0.2, 0) is 0 Å². The molecular weight excluding hydrogens is 394 g/mol. The smallest absolute Gasteiger partial charge is 0.196 e. The minimum atomic E-state index is -0.394. The van der Waals surface area contributed by atoms with Crippen molar-refractivity contribution in [3.8, 4) is 5.75 Å². The molecule has 26 heavy (non-hydrogen) atoms. The lowest BCUT2D eigenvalue weighted by molar-refractivity contribution is 0.296. The zero-order chi connectivity index (χ0) is 17.7. The van der Waals surface area contributed by atoms with E-state index in [0.29, 0.717) is 11.4 Å². The molecule has 6 heteroatoms. The van der Waals surface area contributed by atoms with Crippen molar-refractivity contribution in [2.24, 2.45) is 0 Å². The van der Waals surface area contributed by atoms with Crippen LogP contribution in [0.2, 0.25) is 0 Å². The quantitative estimate of drug-likeness (QED) is 0.419. The number of hydrogen-bond acceptors (Lipinski definition) is 4. The minimum Gasteiger partial charge on any atom is -0.473 e. The molecule has 126 valence electrons. The van der Waals surface area contributed by atoms with Gasteiger partial charge in [0, 0.05) is 40.8 Å². The van der Waals surface area contributed by atoms with E-state index in [1.807, 2.05) is 42.6 Å². The van der Waals surface area contributed by atoms with Gasteiger partial charge in [0.2, 0.25) is 0 Å². The van der Waals surface area contributed by atoms with Crippen molar-refractivity contribution in [1.82, 2.24) is 14.4 Å². The average Bonchev–Trinajstić information content (AvgIpc) is 3.00. The summed E-state index contributed by atoms with van der Waals surface area (Å²) in [5.74, 6) is 0.712. The lowest BCUT2D eigenvalue weighted by Crippen LogP contribution is -2.02. The molecule has 0 saturated heterocycles. The molecule has 2 aromatic carbocycles. The average molecular weight is 406 g/mol. The Morgan fingerprint density at radius 2 is 1.92 bits per heavy atom. The third-order valence-electron chi connectivity index (χ3n) is 4.49. The van der Waals surface area contributed by atoms with Gasteiger partial charge in [-0.2, -0.15) is 0 Å². The first kappa shape index (κ1) is 15.3. The minimum absolute atomic E-state index is 0.0329. The van der Waals surface area contributed by atoms with Gasteiger partial charge < -0.3 is 9.14 Å². The number of para-hydroxylation sites is 1. The first-order valence-electron chi connectivity index (χ1n) is 8.08. The van der Waals surface area contributed by atoms with E-state index in [-0.39, 0.29) is 5.43 Å². The highest BCUT2D eigenvalue weighted by Gasteiger charge is 2.15. The Morgan fingerprint density at radius 1 is 1.04 bits per heavy atom. The summed E-state index contributed by atoms with van der Waals surface area (Å²) >= 11 is 3.50. The topological polar surface area (TPSA) is 56.5 Å². The van der Waals surface area contributed by atoms with Crippen LogP contribution in [0.5, 0.6) is 5.75 Å². The van der Waals surface area contributed by atoms with Crippen LogP contribution >= 0.6 is 15.9 Å². The molecule has 0 aliphatic heterocycles. The monoisotopic (exact) mass is 405 g/mol. The highest BCUT2D eigenvalue weighted by molar-refractivity contribution is 9.09. The van der Waals surface area contributed by atoms with E-state index in [2.05, 4.69) is 30.3 Å². The summed E-state index contributed by atoms with van der Waals surface area (Å²) in [6.07, 6.45) is 6.74. The molecule has 0 saturated carbocycles. The van der Waals surface area contributed by atoms with E-state index >= 15 is 0 Å². The van der Waals surface area contributed by atoms with E-state index in [0.717, 1.165) is 27.2 Å². The second-order valence-corrected chi connectivity index (χ2v) is 6.83. The fraction of sp³-hybridized carbons (Fsp3) is 0.0500. The molecule has 5 rings (SSSR count). The van der Waals surface area contributed by atoms with Crippen molar-refractivity contribution in [3.05, 3.63) is 83.2 Å². The fourth-order valence-corrected chi connectivity index (χ4v) is 3.80. The largest absolute Gasteiger partial charge is 0.473 e. The van der Waals surface area contributed by atoms with Crippen LogP contribution < -0.4 is 10.2 Å².